The number of halogens is 1. The maximum Gasteiger partial charge on any atom is 0.170 e. The van der Waals surface area contributed by atoms with Crippen molar-refractivity contribution >= 4 is 17.9 Å². The number of nitrogens with zero attached hydrogens (tertiary/aromatic N) is 1. The molecule has 0 aliphatic heterocycles. The van der Waals surface area contributed by atoms with Gasteiger partial charge < -0.3 is 4.98 Å². The third kappa shape index (κ3) is 2.49. The van der Waals surface area contributed by atoms with E-state index in [2.05, 4.69) is 9.97 Å². The first-order chi connectivity index (χ1) is 7.79. The zero-order valence-corrected chi connectivity index (χ0v) is 9.37. The summed E-state index contributed by atoms with van der Waals surface area (Å²) in [6.45, 7) is 0. The van der Waals surface area contributed by atoms with E-state index in [1.165, 1.54) is 6.33 Å². The minimum absolute atomic E-state index is 0.488. The average Bonchev–Trinajstić information content (AvgIpc) is 2.74. The standard InChI is InChI=1S/C12H11ClN2O/c13-10-3-1-2-9(6-10)4-5-11-12(7-16)15-8-14-11/h1-3,6-8H,4-5H2,(H,14,15). The number of hydrogen-bond donors (Lipinski definition) is 1. The molecule has 0 fully saturated rings. The molecule has 82 valence electrons. The Labute approximate surface area is 98.5 Å². The highest BCUT2D eigenvalue weighted by Gasteiger charge is 2.04. The number of hydrogen-bond acceptors (Lipinski definition) is 2. The first-order valence-electron chi connectivity index (χ1n) is 5.01. The molecule has 0 spiro atoms. The van der Waals surface area contributed by atoms with Crippen LogP contribution in [-0.4, -0.2) is 16.3 Å². The zero-order valence-electron chi connectivity index (χ0n) is 8.61. The van der Waals surface area contributed by atoms with E-state index in [-0.39, 0.29) is 0 Å². The summed E-state index contributed by atoms with van der Waals surface area (Å²) in [5.74, 6) is 0. The molecule has 4 heteroatoms. The highest BCUT2D eigenvalue weighted by atomic mass is 35.5. The highest BCUT2D eigenvalue weighted by molar-refractivity contribution is 6.30. The number of carbonyl (C=O) groups is 1. The molecule has 0 atom stereocenters. The van der Waals surface area contributed by atoms with Crippen LogP contribution in [0.25, 0.3) is 0 Å². The number of H-pyrrole nitrogens is 1. The lowest BCUT2D eigenvalue weighted by atomic mass is 10.1. The van der Waals surface area contributed by atoms with Crippen LogP contribution in [0.3, 0.4) is 0 Å². The Morgan fingerprint density at radius 1 is 1.38 bits per heavy atom. The van der Waals surface area contributed by atoms with Crippen LogP contribution in [0.1, 0.15) is 21.7 Å². The lowest BCUT2D eigenvalue weighted by molar-refractivity contribution is 0.111. The molecule has 3 nitrogen and oxygen atoms in total. The van der Waals surface area contributed by atoms with Crippen molar-refractivity contribution in [1.82, 2.24) is 9.97 Å². The van der Waals surface area contributed by atoms with E-state index in [1.54, 1.807) is 0 Å². The van der Waals surface area contributed by atoms with Gasteiger partial charge in [-0.25, -0.2) is 4.98 Å². The second-order valence-corrected chi connectivity index (χ2v) is 3.95. The normalized spacial score (nSPS) is 10.3. The summed E-state index contributed by atoms with van der Waals surface area (Å²) in [5.41, 5.74) is 2.51. The van der Waals surface area contributed by atoms with Crippen LogP contribution in [0.2, 0.25) is 5.02 Å². The van der Waals surface area contributed by atoms with Crippen molar-refractivity contribution in [3.8, 4) is 0 Å². The van der Waals surface area contributed by atoms with Crippen molar-refractivity contribution < 1.29 is 4.79 Å². The molecule has 0 radical (unpaired) electrons. The second-order valence-electron chi connectivity index (χ2n) is 3.51. The fourth-order valence-electron chi connectivity index (χ4n) is 1.60. The quantitative estimate of drug-likeness (QED) is 0.827. The molecule has 16 heavy (non-hydrogen) atoms. The van der Waals surface area contributed by atoms with Crippen LogP contribution in [-0.2, 0) is 12.8 Å². The molecule has 2 rings (SSSR count). The Kier molecular flexibility index (Phi) is 3.37. The fourth-order valence-corrected chi connectivity index (χ4v) is 1.81. The van der Waals surface area contributed by atoms with E-state index in [0.29, 0.717) is 5.69 Å². The van der Waals surface area contributed by atoms with Gasteiger partial charge in [-0.1, -0.05) is 23.7 Å². The van der Waals surface area contributed by atoms with Gasteiger partial charge in [0.1, 0.15) is 5.69 Å². The molecule has 0 unspecified atom stereocenters. The third-order valence-corrected chi connectivity index (χ3v) is 2.65. The number of carbonyl (C=O) groups excluding carboxylic acids is 1. The molecule has 1 aromatic heterocycles. The predicted octanol–water partition coefficient (Wildman–Crippen LogP) is 2.66. The first-order valence-corrected chi connectivity index (χ1v) is 5.39. The number of aromatic amines is 1. The molecule has 1 N–H and O–H groups in total. The van der Waals surface area contributed by atoms with Crippen LogP contribution in [0.15, 0.2) is 30.6 Å². The van der Waals surface area contributed by atoms with E-state index in [9.17, 15) is 4.79 Å². The lowest BCUT2D eigenvalue weighted by Crippen LogP contribution is -1.95. The molecule has 2 aromatic rings. The number of benzene rings is 1. The Bertz CT molecular complexity index is 493. The minimum atomic E-state index is 0.488. The summed E-state index contributed by atoms with van der Waals surface area (Å²) in [5, 5.41) is 0.734. The van der Waals surface area contributed by atoms with Crippen LogP contribution in [0.4, 0.5) is 0 Å². The van der Waals surface area contributed by atoms with Crippen molar-refractivity contribution in [2.45, 2.75) is 12.8 Å². The summed E-state index contributed by atoms with van der Waals surface area (Å²) in [6, 6.07) is 7.71. The Morgan fingerprint density at radius 3 is 3.00 bits per heavy atom. The topological polar surface area (TPSA) is 45.8 Å². The smallest absolute Gasteiger partial charge is 0.170 e. The molecule has 1 aromatic carbocycles. The van der Waals surface area contributed by atoms with E-state index < -0.39 is 0 Å². The van der Waals surface area contributed by atoms with Gasteiger partial charge in [0.25, 0.3) is 0 Å². The van der Waals surface area contributed by atoms with Gasteiger partial charge in [-0.2, -0.15) is 0 Å². The number of rotatable bonds is 4. The predicted molar refractivity (Wildman–Crippen MR) is 62.8 cm³/mol. The zero-order chi connectivity index (χ0) is 11.4. The second kappa shape index (κ2) is 4.94. The Balaban J connectivity index is 2.05. The van der Waals surface area contributed by atoms with Crippen LogP contribution in [0, 0.1) is 0 Å². The van der Waals surface area contributed by atoms with Gasteiger partial charge >= 0.3 is 0 Å². The van der Waals surface area contributed by atoms with Gasteiger partial charge in [0.2, 0.25) is 0 Å². The fraction of sp³-hybridized carbons (Fsp3) is 0.167. The van der Waals surface area contributed by atoms with Crippen LogP contribution >= 0.6 is 11.6 Å². The molecule has 0 saturated carbocycles. The summed E-state index contributed by atoms with van der Waals surface area (Å²) in [4.78, 5) is 17.5. The van der Waals surface area contributed by atoms with Crippen molar-refractivity contribution in [3.63, 3.8) is 0 Å². The first kappa shape index (κ1) is 10.9. The lowest BCUT2D eigenvalue weighted by Gasteiger charge is -2.01. The van der Waals surface area contributed by atoms with E-state index in [1.807, 2.05) is 24.3 Å². The Morgan fingerprint density at radius 2 is 2.25 bits per heavy atom. The van der Waals surface area contributed by atoms with Gasteiger partial charge in [0.15, 0.2) is 6.29 Å². The molecule has 0 bridgehead atoms. The highest BCUT2D eigenvalue weighted by Crippen LogP contribution is 2.13. The Hall–Kier alpha value is -1.61. The number of aldehydes is 1. The van der Waals surface area contributed by atoms with Gasteiger partial charge in [-0.3, -0.25) is 4.79 Å². The SMILES string of the molecule is O=Cc1nc[nH]c1CCc1cccc(Cl)c1. The van der Waals surface area contributed by atoms with Gasteiger partial charge in [0, 0.05) is 10.7 Å². The van der Waals surface area contributed by atoms with E-state index >= 15 is 0 Å². The summed E-state index contributed by atoms with van der Waals surface area (Å²) in [7, 11) is 0. The summed E-state index contributed by atoms with van der Waals surface area (Å²) < 4.78 is 0. The number of aryl methyl sites for hydroxylation is 2. The largest absolute Gasteiger partial charge is 0.348 e. The van der Waals surface area contributed by atoms with E-state index in [0.717, 1.165) is 35.4 Å². The maximum absolute atomic E-state index is 10.7. The van der Waals surface area contributed by atoms with Gasteiger partial charge in [0.05, 0.1) is 6.33 Å². The van der Waals surface area contributed by atoms with Gasteiger partial charge in [-0.15, -0.1) is 0 Å². The van der Waals surface area contributed by atoms with Crippen molar-refractivity contribution in [3.05, 3.63) is 52.6 Å². The monoisotopic (exact) mass is 234 g/mol. The summed E-state index contributed by atoms with van der Waals surface area (Å²) >= 11 is 5.89. The van der Waals surface area contributed by atoms with Crippen molar-refractivity contribution in [2.24, 2.45) is 0 Å². The maximum atomic E-state index is 10.7. The molecule has 0 saturated heterocycles. The molecular weight excluding hydrogens is 224 g/mol. The molecule has 0 amide bonds. The number of imidazole rings is 1. The molecule has 0 aliphatic carbocycles. The summed E-state index contributed by atoms with van der Waals surface area (Å²) in [6.07, 6.45) is 3.90. The molecular formula is C12H11ClN2O. The molecule has 0 aliphatic rings. The number of aromatic nitrogens is 2. The van der Waals surface area contributed by atoms with E-state index in [4.69, 9.17) is 11.6 Å². The van der Waals surface area contributed by atoms with Gasteiger partial charge in [-0.05, 0) is 30.5 Å². The average molecular weight is 235 g/mol. The third-order valence-electron chi connectivity index (χ3n) is 2.42. The van der Waals surface area contributed by atoms with Crippen LogP contribution in [0.5, 0.6) is 0 Å². The van der Waals surface area contributed by atoms with Crippen LogP contribution < -0.4 is 0 Å². The molecule has 1 heterocycles. The van der Waals surface area contributed by atoms with Crippen molar-refractivity contribution in [1.29, 1.82) is 0 Å². The minimum Gasteiger partial charge on any atom is -0.348 e. The number of nitrogens with one attached hydrogen (secondary N) is 1. The van der Waals surface area contributed by atoms with Crippen molar-refractivity contribution in [2.75, 3.05) is 0 Å².